The van der Waals surface area contributed by atoms with Crippen molar-refractivity contribution in [2.75, 3.05) is 0 Å². The summed E-state index contributed by atoms with van der Waals surface area (Å²) in [4.78, 5) is 22.4. The van der Waals surface area contributed by atoms with Crippen molar-refractivity contribution >= 4 is 17.9 Å². The lowest BCUT2D eigenvalue weighted by atomic mass is 10.2. The monoisotopic (exact) mass is 231 g/mol. The second-order valence-corrected chi connectivity index (χ2v) is 3.49. The van der Waals surface area contributed by atoms with Gasteiger partial charge in [0.2, 0.25) is 0 Å². The van der Waals surface area contributed by atoms with Gasteiger partial charge in [-0.2, -0.15) is 0 Å². The molecule has 2 amide bonds. The van der Waals surface area contributed by atoms with E-state index in [-0.39, 0.29) is 11.3 Å². The van der Waals surface area contributed by atoms with Crippen LogP contribution in [0.25, 0.3) is 6.08 Å². The molecule has 0 atom stereocenters. The maximum absolute atomic E-state index is 11.3. The van der Waals surface area contributed by atoms with E-state index in [1.807, 2.05) is 0 Å². The average molecular weight is 231 g/mol. The lowest BCUT2D eigenvalue weighted by molar-refractivity contribution is -0.125. The highest BCUT2D eigenvalue weighted by Gasteiger charge is 2.04. The van der Waals surface area contributed by atoms with E-state index in [0.29, 0.717) is 5.56 Å². The molecule has 0 aliphatic heterocycles. The molecule has 0 aliphatic carbocycles. The predicted octanol–water partition coefficient (Wildman–Crippen LogP) is 1.62. The van der Waals surface area contributed by atoms with Crippen LogP contribution in [0, 0.1) is 0 Å². The Morgan fingerprint density at radius 1 is 1.35 bits per heavy atom. The SMILES string of the molecule is C=C(C)C(=O)NC(=O)/C=C/c1ccccc1O. The summed E-state index contributed by atoms with van der Waals surface area (Å²) in [5.74, 6) is -0.999. The van der Waals surface area contributed by atoms with E-state index in [1.165, 1.54) is 25.1 Å². The van der Waals surface area contributed by atoms with E-state index >= 15 is 0 Å². The Bertz CT molecular complexity index is 489. The van der Waals surface area contributed by atoms with Gasteiger partial charge in [0.1, 0.15) is 5.75 Å². The van der Waals surface area contributed by atoms with Crippen molar-refractivity contribution in [3.05, 3.63) is 48.1 Å². The van der Waals surface area contributed by atoms with Crippen molar-refractivity contribution in [2.45, 2.75) is 6.92 Å². The molecule has 0 saturated heterocycles. The number of nitrogens with one attached hydrogen (secondary N) is 1. The number of carbonyl (C=O) groups is 2. The van der Waals surface area contributed by atoms with Gasteiger partial charge in [0.05, 0.1) is 0 Å². The van der Waals surface area contributed by atoms with Crippen LogP contribution in [-0.4, -0.2) is 16.9 Å². The molecule has 88 valence electrons. The second kappa shape index (κ2) is 5.65. The van der Waals surface area contributed by atoms with Crippen LogP contribution >= 0.6 is 0 Å². The van der Waals surface area contributed by atoms with Crippen LogP contribution in [0.4, 0.5) is 0 Å². The fourth-order valence-electron chi connectivity index (χ4n) is 1.05. The molecule has 0 aliphatic rings. The van der Waals surface area contributed by atoms with Crippen molar-refractivity contribution in [3.63, 3.8) is 0 Å². The predicted molar refractivity (Wildman–Crippen MR) is 65.1 cm³/mol. The molecule has 0 unspecified atom stereocenters. The minimum absolute atomic E-state index is 0.0720. The van der Waals surface area contributed by atoms with Crippen molar-refractivity contribution in [1.82, 2.24) is 5.32 Å². The molecule has 4 heteroatoms. The summed E-state index contributed by atoms with van der Waals surface area (Å²) in [5.41, 5.74) is 0.764. The summed E-state index contributed by atoms with van der Waals surface area (Å²) in [7, 11) is 0. The number of amides is 2. The van der Waals surface area contributed by atoms with Gasteiger partial charge in [-0.05, 0) is 19.1 Å². The topological polar surface area (TPSA) is 66.4 Å². The standard InChI is InChI=1S/C13H13NO3/c1-9(2)13(17)14-12(16)8-7-10-5-3-4-6-11(10)15/h3-8,15H,1H2,2H3,(H,14,16,17)/b8-7+. The maximum atomic E-state index is 11.3. The van der Waals surface area contributed by atoms with Crippen molar-refractivity contribution in [2.24, 2.45) is 0 Å². The molecule has 17 heavy (non-hydrogen) atoms. The number of hydrogen-bond acceptors (Lipinski definition) is 3. The van der Waals surface area contributed by atoms with Gasteiger partial charge in [0, 0.05) is 17.2 Å². The molecule has 4 nitrogen and oxygen atoms in total. The second-order valence-electron chi connectivity index (χ2n) is 3.49. The van der Waals surface area contributed by atoms with Gasteiger partial charge in [-0.3, -0.25) is 14.9 Å². The van der Waals surface area contributed by atoms with Gasteiger partial charge in [0.25, 0.3) is 11.8 Å². The molecule has 0 spiro atoms. The van der Waals surface area contributed by atoms with Gasteiger partial charge in [-0.15, -0.1) is 0 Å². The van der Waals surface area contributed by atoms with Crippen LogP contribution in [0.2, 0.25) is 0 Å². The van der Waals surface area contributed by atoms with Crippen LogP contribution in [0.3, 0.4) is 0 Å². The summed E-state index contributed by atoms with van der Waals surface area (Å²) in [6, 6.07) is 6.57. The molecule has 1 aromatic rings. The molecular formula is C13H13NO3. The van der Waals surface area contributed by atoms with Crippen molar-refractivity contribution in [1.29, 1.82) is 0 Å². The van der Waals surface area contributed by atoms with Gasteiger partial charge in [-0.25, -0.2) is 0 Å². The number of aromatic hydroxyl groups is 1. The van der Waals surface area contributed by atoms with E-state index in [9.17, 15) is 14.7 Å². The number of phenols is 1. The summed E-state index contributed by atoms with van der Waals surface area (Å²) in [6.45, 7) is 4.92. The van der Waals surface area contributed by atoms with Crippen LogP contribution in [0.15, 0.2) is 42.5 Å². The number of rotatable bonds is 3. The lowest BCUT2D eigenvalue weighted by Crippen LogP contribution is -2.28. The molecule has 0 aromatic heterocycles. The summed E-state index contributed by atoms with van der Waals surface area (Å²) >= 11 is 0. The number of carbonyl (C=O) groups excluding carboxylic acids is 2. The van der Waals surface area contributed by atoms with Gasteiger partial charge >= 0.3 is 0 Å². The smallest absolute Gasteiger partial charge is 0.253 e. The number of hydrogen-bond donors (Lipinski definition) is 2. The molecular weight excluding hydrogens is 218 g/mol. The van der Waals surface area contributed by atoms with E-state index in [1.54, 1.807) is 18.2 Å². The Labute approximate surface area is 99.3 Å². The third-order valence-electron chi connectivity index (χ3n) is 1.98. The summed E-state index contributed by atoms with van der Waals surface area (Å²) in [6.07, 6.45) is 2.60. The van der Waals surface area contributed by atoms with Gasteiger partial charge in [-0.1, -0.05) is 24.8 Å². The fraction of sp³-hybridized carbons (Fsp3) is 0.0769. The zero-order chi connectivity index (χ0) is 12.8. The Kier molecular flexibility index (Phi) is 4.22. The molecule has 0 heterocycles. The minimum atomic E-state index is -0.554. The highest BCUT2D eigenvalue weighted by atomic mass is 16.3. The van der Waals surface area contributed by atoms with E-state index < -0.39 is 11.8 Å². The first-order valence-electron chi connectivity index (χ1n) is 4.97. The third kappa shape index (κ3) is 3.95. The number of imide groups is 1. The molecule has 0 bridgehead atoms. The first-order valence-corrected chi connectivity index (χ1v) is 4.97. The Morgan fingerprint density at radius 3 is 2.59 bits per heavy atom. The van der Waals surface area contributed by atoms with Crippen molar-refractivity contribution in [3.8, 4) is 5.75 Å². The molecule has 1 rings (SSSR count). The highest BCUT2D eigenvalue weighted by molar-refractivity contribution is 6.08. The van der Waals surface area contributed by atoms with Crippen LogP contribution in [0.1, 0.15) is 12.5 Å². The normalized spacial score (nSPS) is 10.2. The average Bonchev–Trinajstić information content (AvgIpc) is 2.27. The zero-order valence-corrected chi connectivity index (χ0v) is 9.43. The van der Waals surface area contributed by atoms with Crippen LogP contribution in [-0.2, 0) is 9.59 Å². The van der Waals surface area contributed by atoms with Crippen molar-refractivity contribution < 1.29 is 14.7 Å². The highest BCUT2D eigenvalue weighted by Crippen LogP contribution is 2.16. The Morgan fingerprint density at radius 2 is 2.00 bits per heavy atom. The number of benzene rings is 1. The van der Waals surface area contributed by atoms with E-state index in [4.69, 9.17) is 0 Å². The largest absolute Gasteiger partial charge is 0.507 e. The summed E-state index contributed by atoms with van der Waals surface area (Å²) < 4.78 is 0. The fourth-order valence-corrected chi connectivity index (χ4v) is 1.05. The summed E-state index contributed by atoms with van der Waals surface area (Å²) in [5, 5.41) is 11.6. The molecule has 1 aromatic carbocycles. The molecule has 0 fully saturated rings. The van der Waals surface area contributed by atoms with Crippen LogP contribution in [0.5, 0.6) is 5.75 Å². The maximum Gasteiger partial charge on any atom is 0.253 e. The first kappa shape index (κ1) is 12.7. The van der Waals surface area contributed by atoms with Gasteiger partial charge in [0.15, 0.2) is 0 Å². The minimum Gasteiger partial charge on any atom is -0.507 e. The van der Waals surface area contributed by atoms with E-state index in [0.717, 1.165) is 0 Å². The number of para-hydroxylation sites is 1. The van der Waals surface area contributed by atoms with Gasteiger partial charge < -0.3 is 5.11 Å². The lowest BCUT2D eigenvalue weighted by Gasteiger charge is -1.99. The molecule has 2 N–H and O–H groups in total. The Balaban J connectivity index is 2.66. The molecule has 0 radical (unpaired) electrons. The van der Waals surface area contributed by atoms with E-state index in [2.05, 4.69) is 11.9 Å². The number of phenolic OH excluding ortho intramolecular Hbond substituents is 1. The van der Waals surface area contributed by atoms with Crippen LogP contribution < -0.4 is 5.32 Å². The molecule has 0 saturated carbocycles. The Hall–Kier alpha value is -2.36. The third-order valence-corrected chi connectivity index (χ3v) is 1.98. The first-order chi connectivity index (χ1) is 8.00. The zero-order valence-electron chi connectivity index (χ0n) is 9.43. The quantitative estimate of drug-likeness (QED) is 0.777.